The minimum absolute atomic E-state index is 0.0153. The lowest BCUT2D eigenvalue weighted by Gasteiger charge is -2.39. The molecule has 0 saturated carbocycles. The lowest BCUT2D eigenvalue weighted by molar-refractivity contribution is -0.236. The number of aliphatic carboxylic acids is 1. The van der Waals surface area contributed by atoms with Crippen molar-refractivity contribution in [2.75, 3.05) is 0 Å². The maximum atomic E-state index is 13.9. The van der Waals surface area contributed by atoms with Crippen LogP contribution in [0.25, 0.3) is 6.08 Å². The summed E-state index contributed by atoms with van der Waals surface area (Å²) in [5.74, 6) is 2.52. The minimum Gasteiger partial charge on any atom is -0.478 e. The largest absolute Gasteiger partial charge is 0.478 e. The summed E-state index contributed by atoms with van der Waals surface area (Å²) in [6.45, 7) is 1.18. The molecule has 0 bridgehead atoms. The van der Waals surface area contributed by atoms with E-state index in [1.54, 1.807) is 6.07 Å². The van der Waals surface area contributed by atoms with Gasteiger partial charge in [0.15, 0.2) is 0 Å². The number of benzene rings is 2. The normalized spacial score (nSPS) is 18.1. The molecule has 150 valence electrons. The smallest absolute Gasteiger partial charge is 0.432 e. The molecule has 1 unspecified atom stereocenters. The van der Waals surface area contributed by atoms with Crippen LogP contribution in [0.2, 0.25) is 5.02 Å². The predicted octanol–water partition coefficient (Wildman–Crippen LogP) is 5.45. The van der Waals surface area contributed by atoms with E-state index in [2.05, 4.69) is 11.8 Å². The molecule has 0 fully saturated rings. The van der Waals surface area contributed by atoms with Crippen LogP contribution in [0.15, 0.2) is 42.0 Å². The highest BCUT2D eigenvalue weighted by Gasteiger charge is 2.62. The SMILES string of the molecule is CCC1(C(F)(F)F)Oc2c(C#Cc3ccccc3F)cc(Cl)cc2C=C1C(=O)O. The van der Waals surface area contributed by atoms with Gasteiger partial charge in [-0.05, 0) is 36.8 Å². The number of fused-ring (bicyclic) bond motifs is 1. The summed E-state index contributed by atoms with van der Waals surface area (Å²) in [7, 11) is 0. The molecule has 2 aromatic carbocycles. The van der Waals surface area contributed by atoms with Crippen molar-refractivity contribution in [3.8, 4) is 17.6 Å². The number of carboxylic acids is 1. The van der Waals surface area contributed by atoms with Crippen LogP contribution < -0.4 is 4.74 Å². The number of ether oxygens (including phenoxy) is 1. The first kappa shape index (κ1) is 20.7. The second-order valence-corrected chi connectivity index (χ2v) is 6.68. The molecule has 3 rings (SSSR count). The van der Waals surface area contributed by atoms with Gasteiger partial charge in [-0.15, -0.1) is 0 Å². The molecule has 29 heavy (non-hydrogen) atoms. The van der Waals surface area contributed by atoms with Crippen LogP contribution in [0.4, 0.5) is 17.6 Å². The van der Waals surface area contributed by atoms with Gasteiger partial charge >= 0.3 is 12.1 Å². The molecule has 0 saturated heterocycles. The fraction of sp³-hybridized carbons (Fsp3) is 0.190. The third-order valence-corrected chi connectivity index (χ3v) is 4.70. The molecular formula is C21H13ClF4O3. The lowest BCUT2D eigenvalue weighted by Crippen LogP contribution is -2.54. The highest BCUT2D eigenvalue weighted by atomic mass is 35.5. The Kier molecular flexibility index (Phi) is 5.33. The third-order valence-electron chi connectivity index (χ3n) is 4.49. The van der Waals surface area contributed by atoms with E-state index in [1.165, 1.54) is 37.3 Å². The Balaban J connectivity index is 2.23. The zero-order valence-electron chi connectivity index (χ0n) is 14.9. The van der Waals surface area contributed by atoms with Crippen molar-refractivity contribution in [2.45, 2.75) is 25.1 Å². The number of halogens is 5. The summed E-state index contributed by atoms with van der Waals surface area (Å²) < 4.78 is 60.7. The molecule has 0 spiro atoms. The second kappa shape index (κ2) is 7.45. The first-order chi connectivity index (χ1) is 13.6. The Morgan fingerprint density at radius 1 is 1.21 bits per heavy atom. The van der Waals surface area contributed by atoms with Crippen LogP contribution in [0.3, 0.4) is 0 Å². The van der Waals surface area contributed by atoms with Crippen molar-refractivity contribution in [2.24, 2.45) is 0 Å². The van der Waals surface area contributed by atoms with Crippen molar-refractivity contribution in [3.05, 3.63) is 69.5 Å². The zero-order valence-corrected chi connectivity index (χ0v) is 15.7. The number of hydrogen-bond acceptors (Lipinski definition) is 2. The Bertz CT molecular complexity index is 1080. The monoisotopic (exact) mass is 424 g/mol. The van der Waals surface area contributed by atoms with Gasteiger partial charge in [-0.25, -0.2) is 9.18 Å². The molecule has 0 aromatic heterocycles. The van der Waals surface area contributed by atoms with E-state index in [0.29, 0.717) is 0 Å². The van der Waals surface area contributed by atoms with Gasteiger partial charge in [0.2, 0.25) is 5.60 Å². The summed E-state index contributed by atoms with van der Waals surface area (Å²) in [5.41, 5.74) is -3.93. The number of alkyl halides is 3. The van der Waals surface area contributed by atoms with Gasteiger partial charge in [-0.3, -0.25) is 0 Å². The lowest BCUT2D eigenvalue weighted by atomic mass is 9.85. The predicted molar refractivity (Wildman–Crippen MR) is 99.1 cm³/mol. The first-order valence-electron chi connectivity index (χ1n) is 8.40. The quantitative estimate of drug-likeness (QED) is 0.515. The molecule has 1 N–H and O–H groups in total. The van der Waals surface area contributed by atoms with Gasteiger partial charge in [0.1, 0.15) is 11.6 Å². The minimum atomic E-state index is -5.00. The van der Waals surface area contributed by atoms with Crippen LogP contribution in [0, 0.1) is 17.7 Å². The van der Waals surface area contributed by atoms with Crippen molar-refractivity contribution in [1.29, 1.82) is 0 Å². The van der Waals surface area contributed by atoms with Gasteiger partial charge in [-0.1, -0.05) is 42.5 Å². The van der Waals surface area contributed by atoms with Crippen LogP contribution in [-0.2, 0) is 4.79 Å². The van der Waals surface area contributed by atoms with Gasteiger partial charge in [-0.2, -0.15) is 13.2 Å². The Labute approximate surface area is 168 Å². The van der Waals surface area contributed by atoms with Crippen LogP contribution >= 0.6 is 11.6 Å². The number of carboxylic acid groups (broad SMARTS) is 1. The molecule has 2 aromatic rings. The number of carbonyl (C=O) groups is 1. The topological polar surface area (TPSA) is 46.5 Å². The number of hydrogen-bond donors (Lipinski definition) is 1. The van der Waals surface area contributed by atoms with E-state index in [0.717, 1.165) is 6.08 Å². The van der Waals surface area contributed by atoms with Crippen LogP contribution in [0.5, 0.6) is 5.75 Å². The molecular weight excluding hydrogens is 412 g/mol. The van der Waals surface area contributed by atoms with Gasteiger partial charge in [0, 0.05) is 10.6 Å². The van der Waals surface area contributed by atoms with Gasteiger partial charge < -0.3 is 9.84 Å². The maximum absolute atomic E-state index is 13.9. The van der Waals surface area contributed by atoms with E-state index in [9.17, 15) is 27.5 Å². The van der Waals surface area contributed by atoms with Crippen LogP contribution in [-0.4, -0.2) is 22.9 Å². The van der Waals surface area contributed by atoms with E-state index in [-0.39, 0.29) is 27.5 Å². The third kappa shape index (κ3) is 3.68. The van der Waals surface area contributed by atoms with Crippen molar-refractivity contribution in [1.82, 2.24) is 0 Å². The summed E-state index contributed by atoms with van der Waals surface area (Å²) in [6.07, 6.45) is -4.78. The standard InChI is InChI=1S/C21H13ClF4O3/c1-2-20(21(24,25)26)16(19(27)28)11-14-10-15(22)9-13(18(14)29-20)8-7-12-5-3-4-6-17(12)23/h3-6,9-11H,2H2,1H3,(H,27,28). The Morgan fingerprint density at radius 3 is 2.45 bits per heavy atom. The molecule has 0 radical (unpaired) electrons. The summed E-state index contributed by atoms with van der Waals surface area (Å²) in [4.78, 5) is 11.6. The highest BCUT2D eigenvalue weighted by molar-refractivity contribution is 6.31. The molecule has 3 nitrogen and oxygen atoms in total. The molecule has 1 aliphatic heterocycles. The van der Waals surface area contributed by atoms with E-state index < -0.39 is 35.6 Å². The van der Waals surface area contributed by atoms with Crippen molar-refractivity contribution >= 4 is 23.6 Å². The first-order valence-corrected chi connectivity index (χ1v) is 8.78. The molecule has 0 aliphatic carbocycles. The Morgan fingerprint density at radius 2 is 1.86 bits per heavy atom. The molecule has 0 amide bonds. The second-order valence-electron chi connectivity index (χ2n) is 6.25. The van der Waals surface area contributed by atoms with Crippen LogP contribution in [0.1, 0.15) is 30.0 Å². The molecule has 1 aliphatic rings. The van der Waals surface area contributed by atoms with E-state index in [4.69, 9.17) is 16.3 Å². The van der Waals surface area contributed by atoms with Crippen molar-refractivity contribution in [3.63, 3.8) is 0 Å². The highest BCUT2D eigenvalue weighted by Crippen LogP contribution is 2.48. The summed E-state index contributed by atoms with van der Waals surface area (Å²) in [6, 6.07) is 8.21. The fourth-order valence-electron chi connectivity index (χ4n) is 3.04. The summed E-state index contributed by atoms with van der Waals surface area (Å²) in [5, 5.41) is 9.48. The van der Waals surface area contributed by atoms with E-state index in [1.807, 2.05) is 0 Å². The van der Waals surface area contributed by atoms with Crippen molar-refractivity contribution < 1.29 is 32.2 Å². The van der Waals surface area contributed by atoms with E-state index >= 15 is 0 Å². The fourth-order valence-corrected chi connectivity index (χ4v) is 3.26. The maximum Gasteiger partial charge on any atom is 0.432 e. The summed E-state index contributed by atoms with van der Waals surface area (Å²) >= 11 is 6.02. The Hall–Kier alpha value is -2.98. The van der Waals surface area contributed by atoms with Gasteiger partial charge in [0.25, 0.3) is 0 Å². The molecule has 8 heteroatoms. The molecule has 1 heterocycles. The average Bonchev–Trinajstić information content (AvgIpc) is 2.65. The van der Waals surface area contributed by atoms with Gasteiger partial charge in [0.05, 0.1) is 16.7 Å². The zero-order chi connectivity index (χ0) is 21.4. The average molecular weight is 425 g/mol. The number of rotatable bonds is 2. The molecule has 1 atom stereocenters.